The van der Waals surface area contributed by atoms with E-state index in [1.54, 1.807) is 7.11 Å². The minimum Gasteiger partial charge on any atom is -0.492 e. The van der Waals surface area contributed by atoms with E-state index in [1.807, 2.05) is 19.1 Å². The van der Waals surface area contributed by atoms with Crippen molar-refractivity contribution < 1.29 is 23.8 Å². The maximum Gasteiger partial charge on any atom is 0.231 e. The Morgan fingerprint density at radius 3 is 2.81 bits per heavy atom. The Hall–Kier alpha value is -2.55. The molecule has 0 aromatic heterocycles. The fourth-order valence-corrected chi connectivity index (χ4v) is 4.40. The highest BCUT2D eigenvalue weighted by atomic mass is 35.5. The first kappa shape index (κ1) is 21.7. The number of methoxy groups -OCH3 is 1. The number of rotatable bonds is 4. The first-order valence-electron chi connectivity index (χ1n) is 10.6. The predicted octanol–water partition coefficient (Wildman–Crippen LogP) is 3.70. The molecule has 164 valence electrons. The number of nitrogens with one attached hydrogen (secondary N) is 1. The molecule has 0 spiro atoms. The molecule has 0 aliphatic carbocycles. The van der Waals surface area contributed by atoms with E-state index in [0.717, 1.165) is 51.9 Å². The van der Waals surface area contributed by atoms with E-state index in [2.05, 4.69) is 38.8 Å². The molecule has 2 aliphatic heterocycles. The lowest BCUT2D eigenvalue weighted by molar-refractivity contribution is -0.905. The number of hydrogen-bond acceptors (Lipinski definition) is 4. The summed E-state index contributed by atoms with van der Waals surface area (Å²) in [6.07, 6.45) is 0.949. The summed E-state index contributed by atoms with van der Waals surface area (Å²) in [5.74, 6) is 9.99. The van der Waals surface area contributed by atoms with Gasteiger partial charge in [-0.15, -0.1) is 0 Å². The summed E-state index contributed by atoms with van der Waals surface area (Å²) < 4.78 is 23.1. The molecule has 2 atom stereocenters. The van der Waals surface area contributed by atoms with Gasteiger partial charge in [-0.2, -0.15) is 0 Å². The Balaban J connectivity index is 1.60. The van der Waals surface area contributed by atoms with Gasteiger partial charge in [0.2, 0.25) is 12.5 Å². The average molecular weight is 443 g/mol. The van der Waals surface area contributed by atoms with Gasteiger partial charge >= 0.3 is 0 Å². The molecule has 1 N–H and O–H groups in total. The summed E-state index contributed by atoms with van der Waals surface area (Å²) in [6.45, 7) is 7.77. The molecule has 0 fully saturated rings. The average Bonchev–Trinajstić information content (AvgIpc) is 3.21. The third kappa shape index (κ3) is 4.15. The molecule has 6 heteroatoms. The van der Waals surface area contributed by atoms with E-state index in [1.165, 1.54) is 10.5 Å². The van der Waals surface area contributed by atoms with Crippen LogP contribution < -0.4 is 23.8 Å². The fraction of sp³-hybridized carbons (Fsp3) is 0.440. The van der Waals surface area contributed by atoms with Crippen molar-refractivity contribution >= 4 is 11.6 Å². The fourth-order valence-electron chi connectivity index (χ4n) is 4.23. The minimum absolute atomic E-state index is 0.0201. The topological polar surface area (TPSA) is 41.4 Å². The van der Waals surface area contributed by atoms with Gasteiger partial charge in [-0.25, -0.2) is 0 Å². The second kappa shape index (κ2) is 8.90. The first-order valence-corrected chi connectivity index (χ1v) is 11.0. The molecule has 2 unspecified atom stereocenters. The van der Waals surface area contributed by atoms with Gasteiger partial charge < -0.3 is 23.8 Å². The van der Waals surface area contributed by atoms with E-state index in [4.69, 9.17) is 30.5 Å². The molecule has 31 heavy (non-hydrogen) atoms. The van der Waals surface area contributed by atoms with Gasteiger partial charge in [0.05, 0.1) is 26.3 Å². The van der Waals surface area contributed by atoms with Gasteiger partial charge in [0.25, 0.3) is 0 Å². The van der Waals surface area contributed by atoms with Gasteiger partial charge in [-0.05, 0) is 53.7 Å². The van der Waals surface area contributed by atoms with E-state index in [9.17, 15) is 0 Å². The molecule has 4 rings (SSSR count). The molecule has 2 aromatic carbocycles. The van der Waals surface area contributed by atoms with Gasteiger partial charge in [0.1, 0.15) is 12.4 Å². The molecule has 0 amide bonds. The quantitative estimate of drug-likeness (QED) is 0.733. The van der Waals surface area contributed by atoms with E-state index < -0.39 is 0 Å². The Kier molecular flexibility index (Phi) is 6.22. The predicted molar refractivity (Wildman–Crippen MR) is 121 cm³/mol. The summed E-state index contributed by atoms with van der Waals surface area (Å²) in [7, 11) is 3.83. The lowest BCUT2D eigenvalue weighted by Crippen LogP contribution is -3.10. The molecule has 2 aromatic rings. The van der Waals surface area contributed by atoms with Crippen molar-refractivity contribution in [1.29, 1.82) is 0 Å². The van der Waals surface area contributed by atoms with Crippen LogP contribution in [-0.4, -0.2) is 34.1 Å². The lowest BCUT2D eigenvalue weighted by atomic mass is 9.91. The number of fused-ring (bicyclic) bond motifs is 2. The molecule has 0 bridgehead atoms. The van der Waals surface area contributed by atoms with Gasteiger partial charge in [-0.1, -0.05) is 31.4 Å². The molecule has 0 saturated carbocycles. The summed E-state index contributed by atoms with van der Waals surface area (Å²) in [6, 6.07) is 6.04. The molecular weight excluding hydrogens is 414 g/mol. The second-order valence-corrected chi connectivity index (χ2v) is 8.81. The van der Waals surface area contributed by atoms with Crippen LogP contribution in [0.1, 0.15) is 48.1 Å². The molecule has 5 nitrogen and oxygen atoms in total. The summed E-state index contributed by atoms with van der Waals surface area (Å²) >= 11 is 6.31. The molecule has 0 radical (unpaired) electrons. The molecule has 2 aliphatic rings. The third-order valence-corrected chi connectivity index (χ3v) is 6.38. The van der Waals surface area contributed by atoms with Crippen molar-refractivity contribution in [2.75, 3.05) is 34.1 Å². The van der Waals surface area contributed by atoms with Gasteiger partial charge in [0, 0.05) is 11.4 Å². The Morgan fingerprint density at radius 1 is 1.26 bits per heavy atom. The zero-order valence-electron chi connectivity index (χ0n) is 18.7. The normalized spacial score (nSPS) is 18.9. The van der Waals surface area contributed by atoms with Crippen LogP contribution in [-0.2, 0) is 6.42 Å². The SMILES string of the molecule is COc1c2c(cc3c1C(C#CCOc1cc(C)c(Cl)cc1C(C)C)[NH+](C)CC3)OCO2. The van der Waals surface area contributed by atoms with Crippen LogP contribution in [0, 0.1) is 18.8 Å². The zero-order chi connectivity index (χ0) is 22.1. The number of halogens is 1. The Morgan fingerprint density at radius 2 is 2.06 bits per heavy atom. The van der Waals surface area contributed by atoms with Crippen molar-refractivity contribution in [3.8, 4) is 34.8 Å². The number of ether oxygens (including phenoxy) is 4. The molecular formula is C25H29ClNO4+. The third-order valence-electron chi connectivity index (χ3n) is 5.98. The van der Waals surface area contributed by atoms with Crippen LogP contribution in [0.3, 0.4) is 0 Å². The second-order valence-electron chi connectivity index (χ2n) is 8.40. The number of quaternary nitrogens is 1. The van der Waals surface area contributed by atoms with Crippen molar-refractivity contribution in [3.05, 3.63) is 45.5 Å². The number of likely N-dealkylation sites (N-methyl/N-ethyl adjacent to an activating group) is 1. The highest BCUT2D eigenvalue weighted by Gasteiger charge is 2.35. The molecule has 2 heterocycles. The maximum absolute atomic E-state index is 6.31. The standard InChI is InChI=1S/C25H28ClNO4/c1-15(2)18-13-19(26)16(3)11-21(18)29-10-6-7-20-23-17(8-9-27(20)4)12-22-24(25(23)28-5)31-14-30-22/h11-13,15,20H,8-10,14H2,1-5H3/p+1. The molecule has 0 saturated heterocycles. The largest absolute Gasteiger partial charge is 0.492 e. The maximum atomic E-state index is 6.31. The number of aryl methyl sites for hydroxylation is 1. The zero-order valence-corrected chi connectivity index (χ0v) is 19.5. The van der Waals surface area contributed by atoms with Crippen molar-refractivity contribution in [2.45, 2.75) is 39.2 Å². The van der Waals surface area contributed by atoms with Crippen LogP contribution in [0.2, 0.25) is 5.02 Å². The van der Waals surface area contributed by atoms with E-state index in [-0.39, 0.29) is 12.8 Å². The Labute approximate surface area is 189 Å². The van der Waals surface area contributed by atoms with Crippen LogP contribution in [0.5, 0.6) is 23.0 Å². The highest BCUT2D eigenvalue weighted by molar-refractivity contribution is 6.31. The smallest absolute Gasteiger partial charge is 0.231 e. The van der Waals surface area contributed by atoms with E-state index >= 15 is 0 Å². The summed E-state index contributed by atoms with van der Waals surface area (Å²) in [5.41, 5.74) is 4.40. The van der Waals surface area contributed by atoms with Crippen LogP contribution >= 0.6 is 11.6 Å². The minimum atomic E-state index is -0.0201. The number of benzene rings is 2. The van der Waals surface area contributed by atoms with Crippen LogP contribution in [0.15, 0.2) is 18.2 Å². The van der Waals surface area contributed by atoms with Crippen molar-refractivity contribution in [3.63, 3.8) is 0 Å². The van der Waals surface area contributed by atoms with Gasteiger partial charge in [-0.3, -0.25) is 0 Å². The van der Waals surface area contributed by atoms with Gasteiger partial charge in [0.15, 0.2) is 17.5 Å². The monoisotopic (exact) mass is 442 g/mol. The Bertz CT molecular complexity index is 1050. The van der Waals surface area contributed by atoms with Crippen molar-refractivity contribution in [1.82, 2.24) is 0 Å². The lowest BCUT2D eigenvalue weighted by Gasteiger charge is -2.30. The first-order chi connectivity index (χ1) is 14.9. The van der Waals surface area contributed by atoms with Crippen LogP contribution in [0.4, 0.5) is 0 Å². The summed E-state index contributed by atoms with van der Waals surface area (Å²) in [5, 5.41) is 0.761. The van der Waals surface area contributed by atoms with E-state index in [0.29, 0.717) is 18.3 Å². The van der Waals surface area contributed by atoms with Crippen LogP contribution in [0.25, 0.3) is 0 Å². The van der Waals surface area contributed by atoms with Crippen molar-refractivity contribution in [2.24, 2.45) is 0 Å². The number of hydrogen-bond donors (Lipinski definition) is 1. The summed E-state index contributed by atoms with van der Waals surface area (Å²) in [4.78, 5) is 1.32. The highest BCUT2D eigenvalue weighted by Crippen LogP contribution is 2.47.